The number of hydrogen-bond acceptors (Lipinski definition) is 3. The molecule has 5 nitrogen and oxygen atoms in total. The molecular formula is C18H29ClIN3O2. The van der Waals surface area contributed by atoms with Crippen molar-refractivity contribution >= 4 is 41.5 Å². The SMILES string of the molecule is CN=C(NCCCOC1CCOCC1)NCCc1ccccc1Cl.I. The third-order valence-corrected chi connectivity index (χ3v) is 4.37. The number of hydrogen-bond donors (Lipinski definition) is 2. The molecule has 0 aliphatic carbocycles. The molecule has 0 spiro atoms. The second-order valence-corrected chi connectivity index (χ2v) is 6.21. The van der Waals surface area contributed by atoms with Gasteiger partial charge in [-0.05, 0) is 37.3 Å². The molecule has 1 aliphatic rings. The highest BCUT2D eigenvalue weighted by molar-refractivity contribution is 14.0. The second-order valence-electron chi connectivity index (χ2n) is 5.80. The van der Waals surface area contributed by atoms with Crippen molar-refractivity contribution in [2.45, 2.75) is 31.8 Å². The molecule has 0 amide bonds. The van der Waals surface area contributed by atoms with Crippen molar-refractivity contribution in [2.24, 2.45) is 4.99 Å². The molecule has 7 heteroatoms. The number of rotatable bonds is 8. The lowest BCUT2D eigenvalue weighted by Gasteiger charge is -2.22. The van der Waals surface area contributed by atoms with Crippen LogP contribution >= 0.6 is 35.6 Å². The quantitative estimate of drug-likeness (QED) is 0.259. The van der Waals surface area contributed by atoms with Crippen LogP contribution in [0.3, 0.4) is 0 Å². The molecule has 1 fully saturated rings. The molecular weight excluding hydrogens is 453 g/mol. The number of benzene rings is 1. The summed E-state index contributed by atoms with van der Waals surface area (Å²) in [7, 11) is 1.78. The van der Waals surface area contributed by atoms with Gasteiger partial charge in [-0.25, -0.2) is 0 Å². The molecule has 0 aromatic heterocycles. The summed E-state index contributed by atoms with van der Waals surface area (Å²) in [6.45, 7) is 4.06. The van der Waals surface area contributed by atoms with Crippen molar-refractivity contribution in [3.05, 3.63) is 34.9 Å². The number of nitrogens with zero attached hydrogens (tertiary/aromatic N) is 1. The fraction of sp³-hybridized carbons (Fsp3) is 0.611. The van der Waals surface area contributed by atoms with Crippen LogP contribution in [0.5, 0.6) is 0 Å². The Bertz CT molecular complexity index is 511. The Hall–Kier alpha value is -0.570. The van der Waals surface area contributed by atoms with Crippen LogP contribution in [-0.2, 0) is 15.9 Å². The van der Waals surface area contributed by atoms with Crippen LogP contribution in [0.25, 0.3) is 0 Å². The molecule has 2 N–H and O–H groups in total. The Labute approximate surface area is 172 Å². The molecule has 1 saturated heterocycles. The monoisotopic (exact) mass is 481 g/mol. The molecule has 142 valence electrons. The van der Waals surface area contributed by atoms with E-state index in [2.05, 4.69) is 15.6 Å². The molecule has 0 atom stereocenters. The molecule has 25 heavy (non-hydrogen) atoms. The Morgan fingerprint density at radius 2 is 1.96 bits per heavy atom. The van der Waals surface area contributed by atoms with Gasteiger partial charge in [-0.3, -0.25) is 4.99 Å². The summed E-state index contributed by atoms with van der Waals surface area (Å²) in [5, 5.41) is 7.43. The standard InChI is InChI=1S/C18H28ClN3O2.HI/c1-20-18(22-11-7-15-5-2-3-6-17(15)19)21-10-4-12-24-16-8-13-23-14-9-16;/h2-3,5-6,16H,4,7-14H2,1H3,(H2,20,21,22);1H. The van der Waals surface area contributed by atoms with E-state index >= 15 is 0 Å². The Morgan fingerprint density at radius 3 is 2.68 bits per heavy atom. The number of nitrogens with one attached hydrogen (secondary N) is 2. The molecule has 2 rings (SSSR count). The number of aliphatic imine (C=N–C) groups is 1. The van der Waals surface area contributed by atoms with Crippen molar-refractivity contribution in [3.8, 4) is 0 Å². The van der Waals surface area contributed by atoms with Gasteiger partial charge in [0, 0.05) is 45.0 Å². The van der Waals surface area contributed by atoms with E-state index in [1.165, 1.54) is 0 Å². The molecule has 0 unspecified atom stereocenters. The van der Waals surface area contributed by atoms with Gasteiger partial charge in [0.15, 0.2) is 5.96 Å². The van der Waals surface area contributed by atoms with Crippen LogP contribution in [0.4, 0.5) is 0 Å². The third-order valence-electron chi connectivity index (χ3n) is 4.00. The molecule has 0 bridgehead atoms. The minimum atomic E-state index is 0. The summed E-state index contributed by atoms with van der Waals surface area (Å²) >= 11 is 6.16. The van der Waals surface area contributed by atoms with E-state index < -0.39 is 0 Å². The smallest absolute Gasteiger partial charge is 0.190 e. The van der Waals surface area contributed by atoms with E-state index in [1.54, 1.807) is 7.05 Å². The molecule has 1 aliphatic heterocycles. The van der Waals surface area contributed by atoms with Gasteiger partial charge < -0.3 is 20.1 Å². The largest absolute Gasteiger partial charge is 0.381 e. The Morgan fingerprint density at radius 1 is 1.24 bits per heavy atom. The molecule has 1 heterocycles. The predicted octanol–water partition coefficient (Wildman–Crippen LogP) is 3.25. The summed E-state index contributed by atoms with van der Waals surface area (Å²) in [5.74, 6) is 0.813. The van der Waals surface area contributed by atoms with Crippen molar-refractivity contribution < 1.29 is 9.47 Å². The summed E-state index contributed by atoms with van der Waals surface area (Å²) in [6, 6.07) is 7.92. The van der Waals surface area contributed by atoms with Crippen LogP contribution in [0.2, 0.25) is 5.02 Å². The van der Waals surface area contributed by atoms with E-state index in [0.29, 0.717) is 6.10 Å². The lowest BCUT2D eigenvalue weighted by molar-refractivity contribution is -0.0320. The maximum absolute atomic E-state index is 6.16. The van der Waals surface area contributed by atoms with Gasteiger partial charge in [0.2, 0.25) is 0 Å². The number of ether oxygens (including phenoxy) is 2. The first-order valence-corrected chi connectivity index (χ1v) is 9.04. The fourth-order valence-electron chi connectivity index (χ4n) is 2.61. The summed E-state index contributed by atoms with van der Waals surface area (Å²) in [5.41, 5.74) is 1.15. The maximum Gasteiger partial charge on any atom is 0.190 e. The zero-order valence-electron chi connectivity index (χ0n) is 14.8. The van der Waals surface area contributed by atoms with Crippen LogP contribution in [-0.4, -0.2) is 52.0 Å². The number of guanidine groups is 1. The van der Waals surface area contributed by atoms with Gasteiger partial charge in [0.05, 0.1) is 6.10 Å². The van der Waals surface area contributed by atoms with Crippen LogP contribution in [0.1, 0.15) is 24.8 Å². The van der Waals surface area contributed by atoms with E-state index in [4.69, 9.17) is 21.1 Å². The molecule has 0 radical (unpaired) electrons. The molecule has 1 aromatic rings. The van der Waals surface area contributed by atoms with Crippen molar-refractivity contribution in [3.63, 3.8) is 0 Å². The highest BCUT2D eigenvalue weighted by Gasteiger charge is 2.13. The molecule has 1 aromatic carbocycles. The summed E-state index contributed by atoms with van der Waals surface area (Å²) in [4.78, 5) is 4.23. The molecule has 0 saturated carbocycles. The zero-order chi connectivity index (χ0) is 17.0. The van der Waals surface area contributed by atoms with E-state index in [-0.39, 0.29) is 24.0 Å². The minimum absolute atomic E-state index is 0. The third kappa shape index (κ3) is 9.08. The lowest BCUT2D eigenvalue weighted by atomic mass is 10.1. The van der Waals surface area contributed by atoms with Gasteiger partial charge in [0.1, 0.15) is 0 Å². The Kier molecular flexibility index (Phi) is 12.2. The summed E-state index contributed by atoms with van der Waals surface area (Å²) < 4.78 is 11.2. The van der Waals surface area contributed by atoms with Gasteiger partial charge in [-0.15, -0.1) is 24.0 Å². The van der Waals surface area contributed by atoms with Crippen molar-refractivity contribution in [1.82, 2.24) is 10.6 Å². The Balaban J connectivity index is 0.00000312. The van der Waals surface area contributed by atoms with E-state index in [9.17, 15) is 0 Å². The van der Waals surface area contributed by atoms with Crippen molar-refractivity contribution in [2.75, 3.05) is 40.0 Å². The summed E-state index contributed by atoms with van der Waals surface area (Å²) in [6.07, 6.45) is 4.22. The first-order chi connectivity index (χ1) is 11.8. The van der Waals surface area contributed by atoms with Gasteiger partial charge in [0.25, 0.3) is 0 Å². The first-order valence-electron chi connectivity index (χ1n) is 8.67. The average Bonchev–Trinajstić information content (AvgIpc) is 2.62. The first kappa shape index (κ1) is 22.5. The lowest BCUT2D eigenvalue weighted by Crippen LogP contribution is -2.39. The van der Waals surface area contributed by atoms with Crippen LogP contribution in [0.15, 0.2) is 29.3 Å². The second kappa shape index (κ2) is 13.6. The van der Waals surface area contributed by atoms with Crippen LogP contribution < -0.4 is 10.6 Å². The highest BCUT2D eigenvalue weighted by atomic mass is 127. The van der Waals surface area contributed by atoms with Gasteiger partial charge in [-0.2, -0.15) is 0 Å². The van der Waals surface area contributed by atoms with Crippen molar-refractivity contribution in [1.29, 1.82) is 0 Å². The maximum atomic E-state index is 6.16. The normalized spacial score (nSPS) is 15.5. The minimum Gasteiger partial charge on any atom is -0.381 e. The number of halogens is 2. The topological polar surface area (TPSA) is 54.9 Å². The average molecular weight is 482 g/mol. The van der Waals surface area contributed by atoms with Gasteiger partial charge >= 0.3 is 0 Å². The van der Waals surface area contributed by atoms with Crippen LogP contribution in [0, 0.1) is 0 Å². The highest BCUT2D eigenvalue weighted by Crippen LogP contribution is 2.14. The van der Waals surface area contributed by atoms with E-state index in [0.717, 1.165) is 75.1 Å². The fourth-order valence-corrected chi connectivity index (χ4v) is 2.84. The van der Waals surface area contributed by atoms with E-state index in [1.807, 2.05) is 24.3 Å². The predicted molar refractivity (Wildman–Crippen MR) is 114 cm³/mol. The van der Waals surface area contributed by atoms with Gasteiger partial charge in [-0.1, -0.05) is 29.8 Å². The zero-order valence-corrected chi connectivity index (χ0v) is 17.9.